The highest BCUT2D eigenvalue weighted by molar-refractivity contribution is 6.76. The van der Waals surface area contributed by atoms with Crippen LogP contribution in [0.3, 0.4) is 0 Å². The molecular formula is C6H16BrNO2Si. The fourth-order valence-electron chi connectivity index (χ4n) is 0.747. The number of hydrogen-bond acceptors (Lipinski definition) is 2. The molecule has 5 heteroatoms. The molecule has 0 aliphatic heterocycles. The summed E-state index contributed by atoms with van der Waals surface area (Å²) in [6, 6.07) is -0.00540. The summed E-state index contributed by atoms with van der Waals surface area (Å²) in [6.45, 7) is 6.32. The smallest absolute Gasteiger partial charge is 1.00 e. The number of nitrogens with two attached hydrogens (primary N) is 1. The van der Waals surface area contributed by atoms with Crippen LogP contribution in [0.25, 0.3) is 0 Å². The molecule has 3 N–H and O–H groups in total. The molecule has 0 bridgehead atoms. The van der Waals surface area contributed by atoms with Gasteiger partial charge in [0.05, 0.1) is 0 Å². The van der Waals surface area contributed by atoms with Crippen LogP contribution < -0.4 is 22.7 Å². The molecule has 1 atom stereocenters. The summed E-state index contributed by atoms with van der Waals surface area (Å²) >= 11 is 0. The first kappa shape index (κ1) is 13.7. The zero-order chi connectivity index (χ0) is 8.36. The minimum Gasteiger partial charge on any atom is -1.00 e. The van der Waals surface area contributed by atoms with Crippen LogP contribution in [-0.4, -0.2) is 25.2 Å². The molecule has 0 rings (SSSR count). The van der Waals surface area contributed by atoms with Gasteiger partial charge in [-0.15, -0.1) is 0 Å². The molecule has 0 unspecified atom stereocenters. The molecule has 0 aromatic heterocycles. The van der Waals surface area contributed by atoms with E-state index in [2.05, 4.69) is 19.6 Å². The first-order valence-electron chi connectivity index (χ1n) is 3.31. The summed E-state index contributed by atoms with van der Waals surface area (Å²) < 4.78 is 0. The second-order valence-electron chi connectivity index (χ2n) is 3.71. The van der Waals surface area contributed by atoms with Crippen LogP contribution >= 0.6 is 0 Å². The predicted octanol–water partition coefficient (Wildman–Crippen LogP) is -2.15. The number of rotatable bonds is 3. The van der Waals surface area contributed by atoms with Crippen molar-refractivity contribution in [2.75, 3.05) is 0 Å². The Balaban J connectivity index is -0.000000405. The normalized spacial score (nSPS) is 13.5. The lowest BCUT2D eigenvalue weighted by Crippen LogP contribution is -3.00. The van der Waals surface area contributed by atoms with E-state index in [-0.39, 0.29) is 18.4 Å². The van der Waals surface area contributed by atoms with E-state index in [1.54, 1.807) is 0 Å². The average Bonchev–Trinajstić information content (AvgIpc) is 1.60. The minimum absolute atomic E-state index is 0. The molecule has 0 amide bonds. The van der Waals surface area contributed by atoms with Gasteiger partial charge in [0.15, 0.2) is 0 Å². The highest BCUT2D eigenvalue weighted by Crippen LogP contribution is 2.09. The monoisotopic (exact) mass is 241 g/mol. The average molecular weight is 242 g/mol. The Hall–Kier alpha value is 0.127. The molecule has 0 radical (unpaired) electrons. The molecule has 0 aromatic rings. The lowest BCUT2D eigenvalue weighted by atomic mass is 10.4. The lowest BCUT2D eigenvalue weighted by Gasteiger charge is -2.17. The van der Waals surface area contributed by atoms with Gasteiger partial charge in [-0.25, -0.2) is 0 Å². The first-order chi connectivity index (χ1) is 4.33. The fraction of sp³-hybridized carbons (Fsp3) is 0.833. The number of aliphatic carboxylic acids is 1. The zero-order valence-corrected chi connectivity index (χ0v) is 9.68. The van der Waals surface area contributed by atoms with E-state index in [0.717, 1.165) is 0 Å². The molecule has 0 fully saturated rings. The van der Waals surface area contributed by atoms with E-state index in [0.29, 0.717) is 6.04 Å². The number of carbonyl (C=O) groups is 1. The van der Waals surface area contributed by atoms with Gasteiger partial charge < -0.3 is 27.8 Å². The Morgan fingerprint density at radius 1 is 1.64 bits per heavy atom. The van der Waals surface area contributed by atoms with Gasteiger partial charge in [0.1, 0.15) is 6.04 Å². The summed E-state index contributed by atoms with van der Waals surface area (Å²) in [7, 11) is -1.29. The van der Waals surface area contributed by atoms with E-state index in [9.17, 15) is 4.79 Å². The minimum atomic E-state index is -1.29. The van der Waals surface area contributed by atoms with E-state index in [4.69, 9.17) is 10.8 Å². The molecule has 0 heterocycles. The molecule has 0 aromatic carbocycles. The molecule has 0 saturated carbocycles. The third kappa shape index (κ3) is 8.03. The summed E-state index contributed by atoms with van der Waals surface area (Å²) in [6.07, 6.45) is 0. The molecule has 0 saturated heterocycles. The van der Waals surface area contributed by atoms with Crippen molar-refractivity contribution < 1.29 is 28.3 Å². The van der Waals surface area contributed by atoms with E-state index >= 15 is 0 Å². The van der Waals surface area contributed by atoms with Crippen LogP contribution in [0.5, 0.6) is 0 Å². The van der Waals surface area contributed by atoms with Gasteiger partial charge in [-0.1, -0.05) is 19.6 Å². The largest absolute Gasteiger partial charge is 1.00 e. The highest BCUT2D eigenvalue weighted by atomic mass is 79.9. The lowest BCUT2D eigenvalue weighted by molar-refractivity contribution is -0.138. The van der Waals surface area contributed by atoms with Crippen molar-refractivity contribution in [2.45, 2.75) is 31.7 Å². The molecule has 0 spiro atoms. The fourth-order valence-corrected chi connectivity index (χ4v) is 2.24. The van der Waals surface area contributed by atoms with E-state index in [1.165, 1.54) is 0 Å². The third-order valence-corrected chi connectivity index (χ3v) is 2.81. The summed E-state index contributed by atoms with van der Waals surface area (Å²) in [4.78, 5) is 10.3. The second-order valence-corrected chi connectivity index (χ2v) is 9.24. The van der Waals surface area contributed by atoms with Gasteiger partial charge in [0.25, 0.3) is 0 Å². The topological polar surface area (TPSA) is 63.3 Å². The van der Waals surface area contributed by atoms with Crippen LogP contribution in [-0.2, 0) is 4.79 Å². The quantitative estimate of drug-likeness (QED) is 0.555. The molecule has 0 aliphatic carbocycles. The maximum absolute atomic E-state index is 10.3. The van der Waals surface area contributed by atoms with Crippen molar-refractivity contribution in [1.82, 2.24) is 0 Å². The SMILES string of the molecule is C[Si](C)(C)C[C@H](N)C(=O)O.[Br-].[H+]. The number of hydrogen-bond donors (Lipinski definition) is 2. The summed E-state index contributed by atoms with van der Waals surface area (Å²) in [5.74, 6) is -0.887. The van der Waals surface area contributed by atoms with Crippen molar-refractivity contribution in [3.63, 3.8) is 0 Å². The van der Waals surface area contributed by atoms with Crippen LogP contribution in [0.15, 0.2) is 0 Å². The Bertz CT molecular complexity index is 140. The maximum Gasteiger partial charge on any atom is 1.00 e. The molecular weight excluding hydrogens is 226 g/mol. The Morgan fingerprint density at radius 2 is 2.00 bits per heavy atom. The summed E-state index contributed by atoms with van der Waals surface area (Å²) in [5.41, 5.74) is 5.34. The van der Waals surface area contributed by atoms with E-state index in [1.807, 2.05) is 0 Å². The van der Waals surface area contributed by atoms with Crippen molar-refractivity contribution in [3.05, 3.63) is 0 Å². The Kier molecular flexibility index (Phi) is 6.10. The van der Waals surface area contributed by atoms with Crippen molar-refractivity contribution in [1.29, 1.82) is 0 Å². The van der Waals surface area contributed by atoms with Crippen molar-refractivity contribution in [2.24, 2.45) is 5.73 Å². The second kappa shape index (κ2) is 4.90. The van der Waals surface area contributed by atoms with Crippen LogP contribution in [0.1, 0.15) is 1.43 Å². The van der Waals surface area contributed by atoms with Gasteiger partial charge in [-0.2, -0.15) is 0 Å². The van der Waals surface area contributed by atoms with Gasteiger partial charge in [0, 0.05) is 8.07 Å². The zero-order valence-electron chi connectivity index (χ0n) is 8.10. The third-order valence-electron chi connectivity index (χ3n) is 1.15. The number of carboxylic acid groups (broad SMARTS) is 1. The summed E-state index contributed by atoms with van der Waals surface area (Å²) in [5, 5.41) is 8.44. The van der Waals surface area contributed by atoms with Crippen LogP contribution in [0, 0.1) is 0 Å². The van der Waals surface area contributed by atoms with E-state index < -0.39 is 20.1 Å². The van der Waals surface area contributed by atoms with Gasteiger partial charge in [0.2, 0.25) is 0 Å². The standard InChI is InChI=1S/C6H15NO2Si.BrH/c1-10(2,3)4-5(7)6(8)9;/h5H,4,7H2,1-3H3,(H,8,9);1H/t5-;/m0./s1. The number of carboxylic acids is 1. The Morgan fingerprint density at radius 3 is 2.09 bits per heavy atom. The highest BCUT2D eigenvalue weighted by Gasteiger charge is 2.21. The predicted molar refractivity (Wildman–Crippen MR) is 44.9 cm³/mol. The van der Waals surface area contributed by atoms with Gasteiger partial charge >= 0.3 is 7.40 Å². The van der Waals surface area contributed by atoms with Crippen LogP contribution in [0.2, 0.25) is 25.7 Å². The van der Waals surface area contributed by atoms with Crippen molar-refractivity contribution >= 4 is 14.0 Å². The molecule has 3 nitrogen and oxygen atoms in total. The van der Waals surface area contributed by atoms with Crippen LogP contribution in [0.4, 0.5) is 0 Å². The maximum atomic E-state index is 10.3. The first-order valence-corrected chi connectivity index (χ1v) is 7.02. The van der Waals surface area contributed by atoms with Gasteiger partial charge in [-0.05, 0) is 6.04 Å². The molecule has 11 heavy (non-hydrogen) atoms. The molecule has 68 valence electrons. The Labute approximate surface area is 80.2 Å². The van der Waals surface area contributed by atoms with Gasteiger partial charge in [-0.3, -0.25) is 4.79 Å². The molecule has 0 aliphatic rings. The van der Waals surface area contributed by atoms with Crippen molar-refractivity contribution in [3.8, 4) is 0 Å². The number of halogens is 1.